The van der Waals surface area contributed by atoms with E-state index in [0.29, 0.717) is 13.2 Å². The molecule has 6 heteroatoms. The maximum atomic E-state index is 11.9. The molecule has 0 N–H and O–H groups in total. The Morgan fingerprint density at radius 3 is 1.36 bits per heavy atom. The molecule has 0 aliphatic carbocycles. The third kappa shape index (κ3) is 19.2. The fourth-order valence-electron chi connectivity index (χ4n) is 2.15. The molecular weight excluding hydrogens is 369 g/mol. The van der Waals surface area contributed by atoms with E-state index in [4.69, 9.17) is 20.9 Å². The second-order valence-electron chi connectivity index (χ2n) is 5.65. The van der Waals surface area contributed by atoms with Gasteiger partial charge in [-0.25, -0.2) is 0 Å². The Kier molecular flexibility index (Phi) is 21.3. The Balaban J connectivity index is 0. The molecule has 0 heterocycles. The average Bonchev–Trinajstić information content (AvgIpc) is 2.45. The van der Waals surface area contributed by atoms with Crippen LogP contribution in [0.15, 0.2) is 0 Å². The second-order valence-corrected chi connectivity index (χ2v) is 8.40. The molecule has 0 fully saturated rings. The standard InChI is InChI=1S/C16H35O3PS.Zn/c1-3-5-7-9-11-13-15-18-20(17,21)19-16-14-12-10-8-6-4-2;/h3-16H2,1-2H3,(H,17,21);/p-1. The Hall–Kier alpha value is 1.15. The zero-order valence-corrected chi connectivity index (χ0v) is 19.4. The van der Waals surface area contributed by atoms with Crippen LogP contribution in [0.1, 0.15) is 90.9 Å². The van der Waals surface area contributed by atoms with Crippen LogP contribution in [0.25, 0.3) is 0 Å². The largest absolute Gasteiger partial charge is 0.780 e. The molecule has 0 aromatic heterocycles. The number of hydrogen-bond donors (Lipinski definition) is 0. The van der Waals surface area contributed by atoms with Gasteiger partial charge in [0.25, 0.3) is 0 Å². The molecule has 130 valence electrons. The van der Waals surface area contributed by atoms with Crippen LogP contribution in [0, 0.1) is 0 Å². The number of rotatable bonds is 16. The van der Waals surface area contributed by atoms with Gasteiger partial charge in [-0.2, -0.15) is 0 Å². The van der Waals surface area contributed by atoms with Gasteiger partial charge < -0.3 is 13.9 Å². The van der Waals surface area contributed by atoms with Gasteiger partial charge in [-0.3, -0.25) is 0 Å². The van der Waals surface area contributed by atoms with E-state index in [9.17, 15) is 4.89 Å². The predicted molar refractivity (Wildman–Crippen MR) is 92.9 cm³/mol. The predicted octanol–water partition coefficient (Wildman–Crippen LogP) is 5.32. The van der Waals surface area contributed by atoms with Crippen LogP contribution in [0.5, 0.6) is 0 Å². The molecule has 0 radical (unpaired) electrons. The Bertz CT molecular complexity index is 246. The molecule has 0 aliphatic heterocycles. The van der Waals surface area contributed by atoms with Gasteiger partial charge in [-0.15, -0.1) is 0 Å². The minimum absolute atomic E-state index is 0. The fraction of sp³-hybridized carbons (Fsp3) is 1.00. The maximum Gasteiger partial charge on any atom is 0.115 e. The summed E-state index contributed by atoms with van der Waals surface area (Å²) in [6, 6.07) is 0. The van der Waals surface area contributed by atoms with E-state index in [1.165, 1.54) is 51.4 Å². The van der Waals surface area contributed by atoms with E-state index in [0.717, 1.165) is 25.7 Å². The second kappa shape index (κ2) is 18.5. The van der Waals surface area contributed by atoms with Crippen molar-refractivity contribution < 1.29 is 33.4 Å². The van der Waals surface area contributed by atoms with Crippen LogP contribution < -0.4 is 4.89 Å². The molecule has 0 aromatic rings. The van der Waals surface area contributed by atoms with Gasteiger partial charge >= 0.3 is 0 Å². The van der Waals surface area contributed by atoms with E-state index >= 15 is 0 Å². The van der Waals surface area contributed by atoms with Gasteiger partial charge in [0.15, 0.2) is 0 Å². The summed E-state index contributed by atoms with van der Waals surface area (Å²) >= 11 is 4.89. The van der Waals surface area contributed by atoms with Crippen molar-refractivity contribution in [3.05, 3.63) is 0 Å². The summed E-state index contributed by atoms with van der Waals surface area (Å²) in [6.45, 7) is 2.10. The van der Waals surface area contributed by atoms with Crippen LogP contribution in [-0.4, -0.2) is 13.2 Å². The van der Waals surface area contributed by atoms with Gasteiger partial charge in [0.1, 0.15) is 6.72 Å². The molecule has 3 nitrogen and oxygen atoms in total. The minimum atomic E-state index is -3.23. The normalized spacial score (nSPS) is 11.4. The summed E-state index contributed by atoms with van der Waals surface area (Å²) in [5.41, 5.74) is 0. The van der Waals surface area contributed by atoms with E-state index < -0.39 is 6.72 Å². The van der Waals surface area contributed by atoms with Crippen molar-refractivity contribution in [3.8, 4) is 0 Å². The molecule has 0 amide bonds. The van der Waals surface area contributed by atoms with Gasteiger partial charge in [-0.05, 0) is 12.8 Å². The van der Waals surface area contributed by atoms with Crippen molar-refractivity contribution in [2.75, 3.05) is 13.2 Å². The SMILES string of the molecule is CCCCCCCCOP([O-])(=S)OCCCCCCCC.[Zn]. The maximum absolute atomic E-state index is 11.9. The quantitative estimate of drug-likeness (QED) is 0.199. The summed E-state index contributed by atoms with van der Waals surface area (Å²) in [5.74, 6) is 0. The third-order valence-corrected chi connectivity index (χ3v) is 5.12. The zero-order valence-electron chi connectivity index (χ0n) is 14.7. The van der Waals surface area contributed by atoms with E-state index in [-0.39, 0.29) is 19.5 Å². The summed E-state index contributed by atoms with van der Waals surface area (Å²) in [5, 5.41) is 0. The first-order valence-corrected chi connectivity index (χ1v) is 11.3. The first kappa shape index (κ1) is 25.4. The van der Waals surface area contributed by atoms with Crippen molar-refractivity contribution in [2.24, 2.45) is 0 Å². The monoisotopic (exact) mass is 401 g/mol. The Morgan fingerprint density at radius 1 is 0.682 bits per heavy atom. The molecule has 0 bridgehead atoms. The molecule has 0 unspecified atom stereocenters. The van der Waals surface area contributed by atoms with Gasteiger partial charge in [0.2, 0.25) is 0 Å². The van der Waals surface area contributed by atoms with E-state index in [2.05, 4.69) is 13.8 Å². The Morgan fingerprint density at radius 2 is 1.00 bits per heavy atom. The summed E-state index contributed by atoms with van der Waals surface area (Å²) in [7, 11) is 0. The Labute approximate surface area is 155 Å². The summed E-state index contributed by atoms with van der Waals surface area (Å²) < 4.78 is 10.5. The molecular formula is C16H34O3PSZn-. The van der Waals surface area contributed by atoms with Crippen molar-refractivity contribution in [3.63, 3.8) is 0 Å². The van der Waals surface area contributed by atoms with Crippen LogP contribution in [0.2, 0.25) is 0 Å². The van der Waals surface area contributed by atoms with Crippen molar-refractivity contribution >= 4 is 18.5 Å². The first-order valence-electron chi connectivity index (χ1n) is 8.72. The number of unbranched alkanes of at least 4 members (excludes halogenated alkanes) is 10. The van der Waals surface area contributed by atoms with Crippen molar-refractivity contribution in [2.45, 2.75) is 90.9 Å². The molecule has 0 spiro atoms. The molecule has 0 aromatic carbocycles. The first-order chi connectivity index (χ1) is 10.1. The van der Waals surface area contributed by atoms with E-state index in [1.54, 1.807) is 0 Å². The van der Waals surface area contributed by atoms with Crippen molar-refractivity contribution in [1.82, 2.24) is 0 Å². The topological polar surface area (TPSA) is 41.5 Å². The molecule has 0 atom stereocenters. The molecule has 22 heavy (non-hydrogen) atoms. The van der Waals surface area contributed by atoms with Crippen LogP contribution in [0.4, 0.5) is 0 Å². The zero-order chi connectivity index (χ0) is 15.8. The van der Waals surface area contributed by atoms with E-state index in [1.807, 2.05) is 0 Å². The van der Waals surface area contributed by atoms with Crippen molar-refractivity contribution in [1.29, 1.82) is 0 Å². The third-order valence-electron chi connectivity index (χ3n) is 3.49. The number of hydrogen-bond acceptors (Lipinski definition) is 4. The van der Waals surface area contributed by atoms with Crippen LogP contribution in [-0.2, 0) is 40.3 Å². The van der Waals surface area contributed by atoms with Crippen LogP contribution >= 0.6 is 6.72 Å². The van der Waals surface area contributed by atoms with Gasteiger partial charge in [0.05, 0.1) is 13.2 Å². The fourth-order valence-corrected chi connectivity index (χ4v) is 3.38. The molecule has 0 rings (SSSR count). The summed E-state index contributed by atoms with van der Waals surface area (Å²) in [6.07, 6.45) is 14.2. The van der Waals surface area contributed by atoms with Gasteiger partial charge in [0, 0.05) is 19.5 Å². The minimum Gasteiger partial charge on any atom is -0.780 e. The average molecular weight is 403 g/mol. The molecule has 0 saturated heterocycles. The summed E-state index contributed by atoms with van der Waals surface area (Å²) in [4.78, 5) is 11.9. The van der Waals surface area contributed by atoms with Gasteiger partial charge in [-0.1, -0.05) is 89.9 Å². The molecule has 0 aliphatic rings. The van der Waals surface area contributed by atoms with Crippen LogP contribution in [0.3, 0.4) is 0 Å². The smallest absolute Gasteiger partial charge is 0.115 e. The molecule has 0 saturated carbocycles.